The number of aliphatic hydroxyl groups is 1. The monoisotopic (exact) mass is 566 g/mol. The van der Waals surface area contributed by atoms with Gasteiger partial charge >= 0.3 is 12.0 Å². The minimum Gasteiger partial charge on any atom is -0.494 e. The van der Waals surface area contributed by atoms with Crippen LogP contribution in [-0.4, -0.2) is 57.0 Å². The number of urea groups is 1. The summed E-state index contributed by atoms with van der Waals surface area (Å²) in [6, 6.07) is 6.97. The van der Waals surface area contributed by atoms with E-state index >= 15 is 0 Å². The van der Waals surface area contributed by atoms with E-state index in [0.29, 0.717) is 50.7 Å². The Kier molecular flexibility index (Phi) is 10.1. The fraction of sp³-hybridized carbons (Fsp3) is 0.320. The number of benzene rings is 2. The predicted octanol–water partition coefficient (Wildman–Crippen LogP) is 3.52. The zero-order valence-corrected chi connectivity index (χ0v) is 22.6. The Labute approximate surface area is 229 Å². The molecule has 204 valence electrons. The number of nitrogens with zero attached hydrogens (tertiary/aromatic N) is 1. The topological polar surface area (TPSA) is 140 Å². The van der Waals surface area contributed by atoms with E-state index in [9.17, 15) is 14.7 Å². The van der Waals surface area contributed by atoms with Crippen molar-refractivity contribution in [1.82, 2.24) is 16.1 Å². The van der Waals surface area contributed by atoms with Gasteiger partial charge in [-0.3, -0.25) is 5.43 Å². The minimum absolute atomic E-state index is 0.169. The van der Waals surface area contributed by atoms with Crippen LogP contribution >= 0.6 is 23.2 Å². The van der Waals surface area contributed by atoms with Gasteiger partial charge in [-0.1, -0.05) is 29.3 Å². The molecule has 38 heavy (non-hydrogen) atoms. The van der Waals surface area contributed by atoms with Gasteiger partial charge in [0.25, 0.3) is 0 Å². The molecule has 0 aliphatic carbocycles. The van der Waals surface area contributed by atoms with Gasteiger partial charge in [0, 0.05) is 5.70 Å². The normalized spacial score (nSPS) is 16.0. The van der Waals surface area contributed by atoms with Gasteiger partial charge in [-0.25, -0.2) is 9.59 Å². The summed E-state index contributed by atoms with van der Waals surface area (Å²) in [5, 5.41) is 20.2. The first-order chi connectivity index (χ1) is 18.2. The summed E-state index contributed by atoms with van der Waals surface area (Å²) in [5.74, 6) is 0.484. The Hall–Kier alpha value is -3.67. The van der Waals surface area contributed by atoms with Crippen molar-refractivity contribution in [3.63, 3.8) is 0 Å². The van der Waals surface area contributed by atoms with Crippen molar-refractivity contribution in [2.45, 2.75) is 26.1 Å². The van der Waals surface area contributed by atoms with Crippen LogP contribution in [0.15, 0.2) is 46.7 Å². The molecule has 2 aromatic carbocycles. The Morgan fingerprint density at radius 1 is 1.18 bits per heavy atom. The molecular formula is C25H28Cl2N4O7. The van der Waals surface area contributed by atoms with Crippen LogP contribution in [0.1, 0.15) is 31.0 Å². The molecule has 1 aliphatic heterocycles. The Balaban J connectivity index is 1.70. The first-order valence-corrected chi connectivity index (χ1v) is 12.2. The molecule has 0 unspecified atom stereocenters. The number of carbonyl (C=O) groups excluding carboxylic acids is 2. The van der Waals surface area contributed by atoms with Crippen LogP contribution in [0.3, 0.4) is 0 Å². The number of amides is 2. The molecule has 2 atom stereocenters. The van der Waals surface area contributed by atoms with Crippen molar-refractivity contribution in [1.29, 1.82) is 0 Å². The zero-order valence-electron chi connectivity index (χ0n) is 21.1. The maximum Gasteiger partial charge on any atom is 0.337 e. The van der Waals surface area contributed by atoms with E-state index < -0.39 is 24.3 Å². The number of nitrogens with one attached hydrogen (secondary N) is 3. The molecule has 1 aliphatic rings. The summed E-state index contributed by atoms with van der Waals surface area (Å²) in [4.78, 5) is 24.4. The zero-order chi connectivity index (χ0) is 27.8. The third kappa shape index (κ3) is 7.00. The number of ether oxygens (including phenoxy) is 4. The number of halogens is 2. The third-order valence-electron chi connectivity index (χ3n) is 5.33. The van der Waals surface area contributed by atoms with Crippen molar-refractivity contribution in [3.05, 3.63) is 62.8 Å². The molecule has 13 heteroatoms. The molecule has 1 heterocycles. The Morgan fingerprint density at radius 2 is 1.89 bits per heavy atom. The van der Waals surface area contributed by atoms with Crippen LogP contribution in [0.5, 0.6) is 17.2 Å². The standard InChI is InChI=1S/C25H28Cl2N4O7/c1-5-37-19-10-15(22-21(24(33)36-4)13(2)29-25(34)30-22)6-7-18(19)38-12-20(32)31-28-11-14-8-16(26)23(35-3)17(27)9-14/h6-11,20,22,31-32H,5,12H2,1-4H3,(H2,29,30,34)/b28-11-/t20-,22-/m0/s1. The summed E-state index contributed by atoms with van der Waals surface area (Å²) >= 11 is 12.2. The summed E-state index contributed by atoms with van der Waals surface area (Å²) in [5.41, 5.74) is 4.37. The minimum atomic E-state index is -1.16. The van der Waals surface area contributed by atoms with E-state index in [1.165, 1.54) is 20.4 Å². The maximum absolute atomic E-state index is 12.4. The van der Waals surface area contributed by atoms with Crippen molar-refractivity contribution in [2.24, 2.45) is 5.10 Å². The molecular weight excluding hydrogens is 539 g/mol. The smallest absolute Gasteiger partial charge is 0.337 e. The predicted molar refractivity (Wildman–Crippen MR) is 142 cm³/mol. The van der Waals surface area contributed by atoms with E-state index in [4.69, 9.17) is 42.1 Å². The molecule has 2 amide bonds. The number of hydrogen-bond acceptors (Lipinski definition) is 9. The fourth-order valence-electron chi connectivity index (χ4n) is 3.67. The Morgan fingerprint density at radius 3 is 2.53 bits per heavy atom. The highest BCUT2D eigenvalue weighted by Gasteiger charge is 2.32. The number of hydrogen-bond donors (Lipinski definition) is 4. The van der Waals surface area contributed by atoms with E-state index in [1.54, 1.807) is 44.2 Å². The lowest BCUT2D eigenvalue weighted by Crippen LogP contribution is -2.45. The van der Waals surface area contributed by atoms with E-state index in [0.717, 1.165) is 0 Å². The van der Waals surface area contributed by atoms with Crippen LogP contribution in [0.2, 0.25) is 10.0 Å². The largest absolute Gasteiger partial charge is 0.494 e. The van der Waals surface area contributed by atoms with E-state index in [-0.39, 0.29) is 12.2 Å². The van der Waals surface area contributed by atoms with Gasteiger partial charge in [-0.05, 0) is 49.2 Å². The van der Waals surface area contributed by atoms with Crippen molar-refractivity contribution >= 4 is 41.4 Å². The lowest BCUT2D eigenvalue weighted by Gasteiger charge is -2.28. The molecule has 11 nitrogen and oxygen atoms in total. The lowest BCUT2D eigenvalue weighted by molar-refractivity contribution is -0.136. The van der Waals surface area contributed by atoms with Crippen LogP contribution in [0.25, 0.3) is 0 Å². The Bertz CT molecular complexity index is 1230. The second-order valence-electron chi connectivity index (χ2n) is 7.93. The molecule has 0 radical (unpaired) electrons. The van der Waals surface area contributed by atoms with Gasteiger partial charge < -0.3 is 34.7 Å². The first kappa shape index (κ1) is 28.9. The number of carbonyl (C=O) groups is 2. The second-order valence-corrected chi connectivity index (χ2v) is 8.75. The van der Waals surface area contributed by atoms with Gasteiger partial charge in [0.2, 0.25) is 0 Å². The molecule has 0 aromatic heterocycles. The van der Waals surface area contributed by atoms with Crippen molar-refractivity contribution < 1.29 is 33.6 Å². The summed E-state index contributed by atoms with van der Waals surface area (Å²) in [7, 11) is 2.73. The molecule has 0 saturated heterocycles. The number of aliphatic hydroxyl groups excluding tert-OH is 1. The number of esters is 1. The number of rotatable bonds is 11. The average molecular weight is 567 g/mol. The summed E-state index contributed by atoms with van der Waals surface area (Å²) < 4.78 is 21.4. The number of allylic oxidation sites excluding steroid dienone is 1. The van der Waals surface area contributed by atoms with E-state index in [2.05, 4.69) is 21.2 Å². The van der Waals surface area contributed by atoms with Crippen molar-refractivity contribution in [2.75, 3.05) is 27.4 Å². The van der Waals surface area contributed by atoms with Gasteiger partial charge in [-0.2, -0.15) is 5.10 Å². The molecule has 0 spiro atoms. The SMILES string of the molecule is CCOc1cc([C@@H]2NC(=O)NC(C)=C2C(=O)OC)ccc1OC[C@H](O)N/N=C\c1cc(Cl)c(OC)c(Cl)c1. The summed E-state index contributed by atoms with van der Waals surface area (Å²) in [6.45, 7) is 3.58. The fourth-order valence-corrected chi connectivity index (χ4v) is 4.33. The van der Waals surface area contributed by atoms with Crippen LogP contribution in [-0.2, 0) is 9.53 Å². The molecule has 2 aromatic rings. The second kappa shape index (κ2) is 13.2. The molecule has 0 fully saturated rings. The molecule has 0 saturated carbocycles. The van der Waals surface area contributed by atoms with Gasteiger partial charge in [-0.15, -0.1) is 0 Å². The highest BCUT2D eigenvalue weighted by molar-refractivity contribution is 6.37. The van der Waals surface area contributed by atoms with Crippen LogP contribution in [0, 0.1) is 0 Å². The highest BCUT2D eigenvalue weighted by atomic mass is 35.5. The maximum atomic E-state index is 12.4. The van der Waals surface area contributed by atoms with Crippen LogP contribution in [0.4, 0.5) is 4.79 Å². The van der Waals surface area contributed by atoms with Gasteiger partial charge in [0.05, 0.1) is 48.7 Å². The average Bonchev–Trinajstić information content (AvgIpc) is 2.87. The third-order valence-corrected chi connectivity index (χ3v) is 5.90. The number of hydrazone groups is 1. The summed E-state index contributed by atoms with van der Waals surface area (Å²) in [6.07, 6.45) is 0.271. The number of methoxy groups -OCH3 is 2. The highest BCUT2D eigenvalue weighted by Crippen LogP contribution is 2.35. The van der Waals surface area contributed by atoms with Crippen molar-refractivity contribution in [3.8, 4) is 17.2 Å². The molecule has 3 rings (SSSR count). The van der Waals surface area contributed by atoms with Gasteiger partial charge in [0.15, 0.2) is 23.5 Å². The van der Waals surface area contributed by atoms with Gasteiger partial charge in [0.1, 0.15) is 6.61 Å². The first-order valence-electron chi connectivity index (χ1n) is 11.4. The quantitative estimate of drug-likeness (QED) is 0.140. The lowest BCUT2D eigenvalue weighted by atomic mass is 9.95. The van der Waals surface area contributed by atoms with Crippen LogP contribution < -0.4 is 30.3 Å². The molecule has 4 N–H and O–H groups in total. The molecule has 0 bridgehead atoms. The van der Waals surface area contributed by atoms with E-state index in [1.807, 2.05) is 0 Å².